The van der Waals surface area contributed by atoms with Crippen LogP contribution in [0.2, 0.25) is 5.02 Å². The van der Waals surface area contributed by atoms with Gasteiger partial charge in [0.25, 0.3) is 5.69 Å². The van der Waals surface area contributed by atoms with Crippen molar-refractivity contribution in [2.24, 2.45) is 5.92 Å². The van der Waals surface area contributed by atoms with Gasteiger partial charge in [-0.3, -0.25) is 15.0 Å². The molecule has 1 saturated heterocycles. The molecule has 128 valence electrons. The van der Waals surface area contributed by atoms with Crippen molar-refractivity contribution in [3.63, 3.8) is 0 Å². The number of benzene rings is 1. The van der Waals surface area contributed by atoms with Crippen LogP contribution in [0.4, 0.5) is 18.9 Å². The van der Waals surface area contributed by atoms with Crippen LogP contribution in [0.15, 0.2) is 18.2 Å². The first-order valence-electron chi connectivity index (χ1n) is 7.17. The number of nitro groups is 1. The second-order valence-electron chi connectivity index (χ2n) is 5.67. The van der Waals surface area contributed by atoms with E-state index < -0.39 is 17.6 Å². The molecule has 1 unspecified atom stereocenters. The molecular formula is C14H17ClF3N3O2. The number of hydrogen-bond acceptors (Lipinski definition) is 4. The highest BCUT2D eigenvalue weighted by Gasteiger charge is 2.34. The molecule has 2 rings (SSSR count). The van der Waals surface area contributed by atoms with Gasteiger partial charge in [-0.15, -0.1) is 0 Å². The lowest BCUT2D eigenvalue weighted by Gasteiger charge is -2.18. The molecular weight excluding hydrogens is 335 g/mol. The summed E-state index contributed by atoms with van der Waals surface area (Å²) >= 11 is 6.00. The second-order valence-corrected chi connectivity index (χ2v) is 6.08. The van der Waals surface area contributed by atoms with E-state index in [0.29, 0.717) is 43.2 Å². The van der Waals surface area contributed by atoms with Crippen LogP contribution in [0.3, 0.4) is 0 Å². The zero-order chi connectivity index (χ0) is 17.0. The number of halogens is 4. The first kappa shape index (κ1) is 18.0. The standard InChI is InChI=1S/C14H17ClF3N3O2/c15-13-2-1-12(21(22)23)5-11(13)7-19-6-10-3-4-20(8-10)9-14(16,17)18/h1-2,5,10,19H,3-4,6-9H2. The highest BCUT2D eigenvalue weighted by molar-refractivity contribution is 6.31. The van der Waals surface area contributed by atoms with Gasteiger partial charge in [-0.05, 0) is 37.1 Å². The topological polar surface area (TPSA) is 58.4 Å². The van der Waals surface area contributed by atoms with Crippen molar-refractivity contribution in [1.29, 1.82) is 0 Å². The summed E-state index contributed by atoms with van der Waals surface area (Å²) in [7, 11) is 0. The molecule has 0 amide bonds. The molecule has 0 spiro atoms. The fourth-order valence-electron chi connectivity index (χ4n) is 2.70. The molecule has 1 fully saturated rings. The lowest BCUT2D eigenvalue weighted by Crippen LogP contribution is -2.33. The van der Waals surface area contributed by atoms with E-state index in [4.69, 9.17) is 11.6 Å². The van der Waals surface area contributed by atoms with Gasteiger partial charge in [0.1, 0.15) is 0 Å². The summed E-state index contributed by atoms with van der Waals surface area (Å²) in [6.07, 6.45) is -3.47. The monoisotopic (exact) mass is 351 g/mol. The first-order chi connectivity index (χ1) is 10.7. The Kier molecular flexibility index (Phi) is 5.83. The minimum Gasteiger partial charge on any atom is -0.312 e. The van der Waals surface area contributed by atoms with Crippen molar-refractivity contribution < 1.29 is 18.1 Å². The molecule has 1 heterocycles. The van der Waals surface area contributed by atoms with Crippen LogP contribution in [0.5, 0.6) is 0 Å². The van der Waals surface area contributed by atoms with E-state index in [0.717, 1.165) is 0 Å². The highest BCUT2D eigenvalue weighted by atomic mass is 35.5. The van der Waals surface area contributed by atoms with Gasteiger partial charge in [-0.2, -0.15) is 13.2 Å². The quantitative estimate of drug-likeness (QED) is 0.631. The number of nitrogens with zero attached hydrogens (tertiary/aromatic N) is 2. The van der Waals surface area contributed by atoms with Crippen molar-refractivity contribution >= 4 is 17.3 Å². The summed E-state index contributed by atoms with van der Waals surface area (Å²) in [5.74, 6) is 0.134. The number of non-ortho nitro benzene ring substituents is 1. The molecule has 1 aromatic rings. The van der Waals surface area contributed by atoms with Crippen molar-refractivity contribution in [3.8, 4) is 0 Å². The third kappa shape index (κ3) is 5.63. The molecule has 5 nitrogen and oxygen atoms in total. The van der Waals surface area contributed by atoms with E-state index in [2.05, 4.69) is 5.32 Å². The SMILES string of the molecule is O=[N+]([O-])c1ccc(Cl)c(CNCC2CCN(CC(F)(F)F)C2)c1. The Morgan fingerprint density at radius 3 is 2.83 bits per heavy atom. The maximum Gasteiger partial charge on any atom is 0.401 e. The van der Waals surface area contributed by atoms with Gasteiger partial charge in [0.15, 0.2) is 0 Å². The summed E-state index contributed by atoms with van der Waals surface area (Å²) in [5, 5.41) is 14.3. The molecule has 9 heteroatoms. The molecule has 1 aliphatic rings. The molecule has 0 aliphatic carbocycles. The summed E-state index contributed by atoms with van der Waals surface area (Å²) in [5.41, 5.74) is 0.564. The smallest absolute Gasteiger partial charge is 0.312 e. The minimum absolute atomic E-state index is 0.0385. The number of alkyl halides is 3. The van der Waals surface area contributed by atoms with Gasteiger partial charge < -0.3 is 5.32 Å². The molecule has 0 aromatic heterocycles. The van der Waals surface area contributed by atoms with E-state index in [1.165, 1.54) is 23.1 Å². The third-order valence-electron chi connectivity index (χ3n) is 3.76. The van der Waals surface area contributed by atoms with Crippen LogP contribution >= 0.6 is 11.6 Å². The van der Waals surface area contributed by atoms with Gasteiger partial charge in [0.2, 0.25) is 0 Å². The minimum atomic E-state index is -4.17. The summed E-state index contributed by atoms with van der Waals surface area (Å²) in [6, 6.07) is 4.20. The zero-order valence-electron chi connectivity index (χ0n) is 12.3. The fourth-order valence-corrected chi connectivity index (χ4v) is 2.88. The lowest BCUT2D eigenvalue weighted by atomic mass is 10.1. The average Bonchev–Trinajstić information content (AvgIpc) is 2.86. The van der Waals surface area contributed by atoms with Gasteiger partial charge in [0.05, 0.1) is 11.5 Å². The van der Waals surface area contributed by atoms with Crippen molar-refractivity contribution in [2.75, 3.05) is 26.2 Å². The number of nitro benzene ring substituents is 1. The van der Waals surface area contributed by atoms with Crippen LogP contribution < -0.4 is 5.32 Å². The Hall–Kier alpha value is -1.38. The molecule has 0 radical (unpaired) electrons. The van der Waals surface area contributed by atoms with Gasteiger partial charge in [0, 0.05) is 30.2 Å². The molecule has 1 aliphatic heterocycles. The van der Waals surface area contributed by atoms with Crippen molar-refractivity contribution in [1.82, 2.24) is 10.2 Å². The van der Waals surface area contributed by atoms with Crippen LogP contribution in [0, 0.1) is 16.0 Å². The lowest BCUT2D eigenvalue weighted by molar-refractivity contribution is -0.384. The van der Waals surface area contributed by atoms with Gasteiger partial charge in [-0.25, -0.2) is 0 Å². The zero-order valence-corrected chi connectivity index (χ0v) is 13.0. The maximum absolute atomic E-state index is 12.3. The Bertz CT molecular complexity index is 569. The third-order valence-corrected chi connectivity index (χ3v) is 4.13. The highest BCUT2D eigenvalue weighted by Crippen LogP contribution is 2.24. The van der Waals surface area contributed by atoms with Crippen LogP contribution in [0.25, 0.3) is 0 Å². The van der Waals surface area contributed by atoms with E-state index >= 15 is 0 Å². The average molecular weight is 352 g/mol. The molecule has 0 bridgehead atoms. The van der Waals surface area contributed by atoms with E-state index in [-0.39, 0.29) is 11.6 Å². The van der Waals surface area contributed by atoms with Gasteiger partial charge >= 0.3 is 6.18 Å². The number of likely N-dealkylation sites (tertiary alicyclic amines) is 1. The second kappa shape index (κ2) is 7.46. The molecule has 1 N–H and O–H groups in total. The normalized spacial score (nSPS) is 19.2. The predicted molar refractivity (Wildman–Crippen MR) is 80.4 cm³/mol. The Balaban J connectivity index is 1.80. The maximum atomic E-state index is 12.3. The van der Waals surface area contributed by atoms with Crippen molar-refractivity contribution in [3.05, 3.63) is 38.9 Å². The summed E-state index contributed by atoms with van der Waals surface area (Å²) in [6.45, 7) is 0.850. The number of nitrogens with one attached hydrogen (secondary N) is 1. The summed E-state index contributed by atoms with van der Waals surface area (Å²) < 4.78 is 37.0. The molecule has 0 saturated carbocycles. The van der Waals surface area contributed by atoms with Crippen molar-refractivity contribution in [2.45, 2.75) is 19.1 Å². The Morgan fingerprint density at radius 2 is 2.17 bits per heavy atom. The molecule has 1 aromatic carbocycles. The predicted octanol–water partition coefficient (Wildman–Crippen LogP) is 3.22. The number of hydrogen-bond donors (Lipinski definition) is 1. The van der Waals surface area contributed by atoms with Crippen LogP contribution in [0.1, 0.15) is 12.0 Å². The summed E-state index contributed by atoms with van der Waals surface area (Å²) in [4.78, 5) is 11.6. The Morgan fingerprint density at radius 1 is 1.43 bits per heavy atom. The molecule has 1 atom stereocenters. The van der Waals surface area contributed by atoms with E-state index in [1.54, 1.807) is 0 Å². The largest absolute Gasteiger partial charge is 0.401 e. The van der Waals surface area contributed by atoms with E-state index in [1.807, 2.05) is 0 Å². The van der Waals surface area contributed by atoms with Gasteiger partial charge in [-0.1, -0.05) is 11.6 Å². The number of rotatable bonds is 6. The first-order valence-corrected chi connectivity index (χ1v) is 7.55. The molecule has 23 heavy (non-hydrogen) atoms. The van der Waals surface area contributed by atoms with Crippen LogP contribution in [-0.4, -0.2) is 42.2 Å². The Labute approximate surface area is 136 Å². The van der Waals surface area contributed by atoms with Crippen LogP contribution in [-0.2, 0) is 6.54 Å². The fraction of sp³-hybridized carbons (Fsp3) is 0.571. The van der Waals surface area contributed by atoms with E-state index in [9.17, 15) is 23.3 Å².